The van der Waals surface area contributed by atoms with Crippen LogP contribution < -0.4 is 5.73 Å². The van der Waals surface area contributed by atoms with Crippen molar-refractivity contribution in [3.63, 3.8) is 0 Å². The van der Waals surface area contributed by atoms with Gasteiger partial charge < -0.3 is 15.2 Å². The number of hydrogen-bond donors (Lipinski definition) is 2. The predicted octanol–water partition coefficient (Wildman–Crippen LogP) is 3.05. The second-order valence-electron chi connectivity index (χ2n) is 5.02. The van der Waals surface area contributed by atoms with Gasteiger partial charge in [0.15, 0.2) is 0 Å². The molecule has 3 aromatic rings. The molecule has 0 spiro atoms. The first-order valence-electron chi connectivity index (χ1n) is 7.84. The molecule has 0 saturated heterocycles. The number of nitrogen functional groups attached to an aromatic ring is 1. The van der Waals surface area contributed by atoms with Gasteiger partial charge >= 0.3 is 5.97 Å². The number of nitrogens with zero attached hydrogens (tertiary/aromatic N) is 2. The van der Waals surface area contributed by atoms with Crippen molar-refractivity contribution >= 4 is 41.8 Å². The lowest BCUT2D eigenvalue weighted by molar-refractivity contribution is -0.128. The second-order valence-corrected chi connectivity index (χ2v) is 5.51. The highest BCUT2D eigenvalue weighted by Crippen LogP contribution is 2.17. The molecule has 2 N–H and O–H groups in total. The van der Waals surface area contributed by atoms with Gasteiger partial charge in [0.05, 0.1) is 19.3 Å². The minimum atomic E-state index is -0.360. The van der Waals surface area contributed by atoms with E-state index >= 15 is 0 Å². The van der Waals surface area contributed by atoms with Gasteiger partial charge in [0.1, 0.15) is 11.0 Å². The Morgan fingerprint density at radius 2 is 2.04 bits per heavy atom. The van der Waals surface area contributed by atoms with Gasteiger partial charge in [-0.2, -0.15) is 0 Å². The minimum absolute atomic E-state index is 0.360. The third-order valence-electron chi connectivity index (χ3n) is 3.20. The largest absolute Gasteiger partial charge is 0.468 e. The molecule has 8 nitrogen and oxygen atoms in total. The zero-order chi connectivity index (χ0) is 20.2. The molecule has 0 atom stereocenters. The Morgan fingerprint density at radius 1 is 1.30 bits per heavy atom. The second kappa shape index (κ2) is 11.5. The number of ether oxygens (including phenoxy) is 2. The van der Waals surface area contributed by atoms with Crippen LogP contribution in [-0.4, -0.2) is 36.5 Å². The lowest BCUT2D eigenvalue weighted by Crippen LogP contribution is -2.02. The molecule has 144 valence electrons. The zero-order valence-electron chi connectivity index (χ0n) is 15.2. The number of aromatic nitrogens is 2. The van der Waals surface area contributed by atoms with Gasteiger partial charge in [-0.3, -0.25) is 4.79 Å². The SMILES string of the molecule is CCOC=O.COC(=O)c1ccc(C)c(N)c1.Sc1cccc2nonc12. The summed E-state index contributed by atoms with van der Waals surface area (Å²) in [5.41, 5.74) is 9.12. The molecule has 9 heteroatoms. The van der Waals surface area contributed by atoms with Crippen molar-refractivity contribution in [2.75, 3.05) is 19.5 Å². The minimum Gasteiger partial charge on any atom is -0.468 e. The van der Waals surface area contributed by atoms with Gasteiger partial charge in [-0.15, -0.1) is 12.6 Å². The number of methoxy groups -OCH3 is 1. The van der Waals surface area contributed by atoms with Crippen LogP contribution in [0, 0.1) is 6.92 Å². The smallest absolute Gasteiger partial charge is 0.337 e. The van der Waals surface area contributed by atoms with E-state index in [1.165, 1.54) is 7.11 Å². The quantitative estimate of drug-likeness (QED) is 0.303. The molecule has 0 radical (unpaired) electrons. The summed E-state index contributed by atoms with van der Waals surface area (Å²) in [5.74, 6) is -0.360. The van der Waals surface area contributed by atoms with Crippen molar-refractivity contribution < 1.29 is 23.7 Å². The number of esters is 1. The maximum absolute atomic E-state index is 11.0. The summed E-state index contributed by atoms with van der Waals surface area (Å²) >= 11 is 4.15. The van der Waals surface area contributed by atoms with Crippen LogP contribution in [0.4, 0.5) is 5.69 Å². The lowest BCUT2D eigenvalue weighted by atomic mass is 10.1. The maximum atomic E-state index is 11.0. The molecule has 0 bridgehead atoms. The van der Waals surface area contributed by atoms with Gasteiger partial charge in [0.25, 0.3) is 6.47 Å². The Morgan fingerprint density at radius 3 is 2.56 bits per heavy atom. The number of rotatable bonds is 3. The van der Waals surface area contributed by atoms with E-state index in [0.717, 1.165) is 16.0 Å². The molecule has 0 fully saturated rings. The number of hydrogen-bond acceptors (Lipinski definition) is 9. The van der Waals surface area contributed by atoms with Gasteiger partial charge in [0, 0.05) is 10.6 Å². The van der Waals surface area contributed by atoms with Crippen molar-refractivity contribution in [3.8, 4) is 0 Å². The Bertz CT molecular complexity index is 882. The van der Waals surface area contributed by atoms with Gasteiger partial charge in [-0.05, 0) is 54.0 Å². The average Bonchev–Trinajstić information content (AvgIpc) is 3.15. The third kappa shape index (κ3) is 6.98. The highest BCUT2D eigenvalue weighted by Gasteiger charge is 2.05. The molecule has 1 heterocycles. The summed E-state index contributed by atoms with van der Waals surface area (Å²) in [6.45, 7) is 4.55. The van der Waals surface area contributed by atoms with E-state index in [4.69, 9.17) is 5.73 Å². The normalized spacial score (nSPS) is 9.33. The first kappa shape index (κ1) is 22.0. The average molecular weight is 391 g/mol. The Balaban J connectivity index is 0.000000220. The number of carbonyl (C=O) groups excluding carboxylic acids is 2. The van der Waals surface area contributed by atoms with Crippen molar-refractivity contribution in [3.05, 3.63) is 47.5 Å². The fourth-order valence-electron chi connectivity index (χ4n) is 1.75. The number of aryl methyl sites for hydroxylation is 1. The van der Waals surface area contributed by atoms with Crippen molar-refractivity contribution in [1.82, 2.24) is 10.3 Å². The highest BCUT2D eigenvalue weighted by atomic mass is 32.1. The number of thiol groups is 1. The fourth-order valence-corrected chi connectivity index (χ4v) is 1.99. The summed E-state index contributed by atoms with van der Waals surface area (Å²) in [7, 11) is 1.35. The first-order chi connectivity index (χ1) is 12.9. The van der Waals surface area contributed by atoms with Crippen molar-refractivity contribution in [2.24, 2.45) is 0 Å². The van der Waals surface area contributed by atoms with Gasteiger partial charge in [0.2, 0.25) is 0 Å². The molecule has 0 aliphatic rings. The van der Waals surface area contributed by atoms with Crippen LogP contribution in [0.2, 0.25) is 0 Å². The molecule has 0 saturated carbocycles. The molecule has 0 aliphatic carbocycles. The molecular formula is C18H21N3O5S. The number of fused-ring (bicyclic) bond motifs is 1. The Hall–Kier alpha value is -3.07. The predicted molar refractivity (Wildman–Crippen MR) is 104 cm³/mol. The van der Waals surface area contributed by atoms with E-state index in [1.807, 2.05) is 25.1 Å². The molecular weight excluding hydrogens is 370 g/mol. The van der Waals surface area contributed by atoms with Crippen LogP contribution in [0.5, 0.6) is 0 Å². The Labute approximate surface area is 162 Å². The summed E-state index contributed by atoms with van der Waals surface area (Å²) < 4.78 is 13.2. The number of carbonyl (C=O) groups is 2. The van der Waals surface area contributed by atoms with Crippen LogP contribution in [0.3, 0.4) is 0 Å². The number of benzene rings is 2. The lowest BCUT2D eigenvalue weighted by Gasteiger charge is -2.02. The standard InChI is InChI=1S/C9H11NO2.C6H4N2OS.C3H6O2/c1-6-3-4-7(5-8(6)10)9(11)12-2;10-5-3-1-2-4-6(5)8-9-7-4;1-2-5-3-4/h3-5H,10H2,1-2H3;1-3,10H;3H,2H2,1H3. The summed E-state index contributed by atoms with van der Waals surface area (Å²) in [5, 5.41) is 7.30. The highest BCUT2D eigenvalue weighted by molar-refractivity contribution is 7.80. The van der Waals surface area contributed by atoms with Crippen LogP contribution in [0.25, 0.3) is 11.0 Å². The van der Waals surface area contributed by atoms with E-state index in [0.29, 0.717) is 29.8 Å². The van der Waals surface area contributed by atoms with Crippen LogP contribution in [-0.2, 0) is 14.3 Å². The zero-order valence-corrected chi connectivity index (χ0v) is 16.1. The topological polar surface area (TPSA) is 118 Å². The van der Waals surface area contributed by atoms with Gasteiger partial charge in [-0.1, -0.05) is 12.1 Å². The molecule has 1 aromatic heterocycles. The van der Waals surface area contributed by atoms with Crippen LogP contribution in [0.1, 0.15) is 22.8 Å². The monoisotopic (exact) mass is 391 g/mol. The van der Waals surface area contributed by atoms with Crippen LogP contribution in [0.15, 0.2) is 45.9 Å². The molecule has 2 aromatic carbocycles. The third-order valence-corrected chi connectivity index (χ3v) is 3.56. The van der Waals surface area contributed by atoms with Gasteiger partial charge in [-0.25, -0.2) is 9.42 Å². The molecule has 0 aliphatic heterocycles. The van der Waals surface area contributed by atoms with E-state index < -0.39 is 0 Å². The number of anilines is 1. The molecule has 0 unspecified atom stereocenters. The van der Waals surface area contributed by atoms with Crippen LogP contribution >= 0.6 is 12.6 Å². The fraction of sp³-hybridized carbons (Fsp3) is 0.222. The summed E-state index contributed by atoms with van der Waals surface area (Å²) in [4.78, 5) is 21.0. The summed E-state index contributed by atoms with van der Waals surface area (Å²) in [6.07, 6.45) is 0. The van der Waals surface area contributed by atoms with E-state index in [9.17, 15) is 9.59 Å². The van der Waals surface area contributed by atoms with E-state index in [-0.39, 0.29) is 5.97 Å². The maximum Gasteiger partial charge on any atom is 0.337 e. The number of nitrogens with two attached hydrogens (primary N) is 1. The van der Waals surface area contributed by atoms with Crippen molar-refractivity contribution in [2.45, 2.75) is 18.7 Å². The molecule has 0 amide bonds. The van der Waals surface area contributed by atoms with Crippen molar-refractivity contribution in [1.29, 1.82) is 0 Å². The molecule has 27 heavy (non-hydrogen) atoms. The van der Waals surface area contributed by atoms with E-state index in [1.54, 1.807) is 25.1 Å². The Kier molecular flexibility index (Phi) is 9.38. The van der Waals surface area contributed by atoms with E-state index in [2.05, 4.69) is 37.0 Å². The molecule has 3 rings (SSSR count). The first-order valence-corrected chi connectivity index (χ1v) is 8.29. The summed E-state index contributed by atoms with van der Waals surface area (Å²) in [6, 6.07) is 10.6.